The van der Waals surface area contributed by atoms with Crippen LogP contribution in [0.3, 0.4) is 0 Å². The van der Waals surface area contributed by atoms with Crippen LogP contribution in [0.2, 0.25) is 0 Å². The summed E-state index contributed by atoms with van der Waals surface area (Å²) in [4.78, 5) is 4.18. The highest BCUT2D eigenvalue weighted by atomic mass is 28.3. The highest BCUT2D eigenvalue weighted by Gasteiger charge is 1.86. The first-order chi connectivity index (χ1) is 6.38. The Hall–Kier alpha value is -0.976. The molecule has 1 aromatic carbocycles. The van der Waals surface area contributed by atoms with Crippen LogP contribution in [0.25, 0.3) is 10.9 Å². The molecule has 2 aromatic rings. The Balaban J connectivity index is 0.000000251. The molecule has 2 nitrogen and oxygen atoms in total. The molecule has 13 heavy (non-hydrogen) atoms. The third-order valence-electron chi connectivity index (χ3n) is 1.51. The first-order valence-corrected chi connectivity index (χ1v) is 4.49. The zero-order valence-electron chi connectivity index (χ0n) is 6.90. The molecule has 0 aliphatic heterocycles. The van der Waals surface area contributed by atoms with Gasteiger partial charge in [0.1, 0.15) is 0 Å². The number of hydrogen-bond acceptors (Lipinski definition) is 2. The van der Waals surface area contributed by atoms with Crippen molar-refractivity contribution in [2.75, 3.05) is 0 Å². The quantitative estimate of drug-likeness (QED) is 0.601. The highest BCUT2D eigenvalue weighted by Crippen LogP contribution is 2.07. The van der Waals surface area contributed by atoms with Crippen LogP contribution < -0.4 is 0 Å². The summed E-state index contributed by atoms with van der Waals surface area (Å²) < 4.78 is 3.86. The lowest BCUT2D eigenvalue weighted by Gasteiger charge is -1.91. The normalized spacial score (nSPS) is 9.08. The van der Waals surface area contributed by atoms with E-state index in [1.807, 2.05) is 30.5 Å². The van der Waals surface area contributed by atoms with Crippen LogP contribution in [0.1, 0.15) is 0 Å². The molecule has 1 aromatic heterocycles. The average molecular weight is 201 g/mol. The number of para-hydroxylation sites is 1. The first kappa shape index (κ1) is 10.1. The molecule has 0 aliphatic carbocycles. The highest BCUT2D eigenvalue weighted by molar-refractivity contribution is 6.15. The summed E-state index contributed by atoms with van der Waals surface area (Å²) in [5.41, 5.74) is 1.06. The van der Waals surface area contributed by atoms with Crippen LogP contribution >= 0.6 is 0 Å². The van der Waals surface area contributed by atoms with Crippen LogP contribution in [0.4, 0.5) is 0 Å². The number of nitrogens with zero attached hydrogens (tertiary/aromatic N) is 1. The molecule has 2 rings (SSSR count). The van der Waals surface area contributed by atoms with Gasteiger partial charge in [0.05, 0.1) is 5.52 Å². The van der Waals surface area contributed by atoms with Crippen LogP contribution in [-0.4, -0.2) is 26.0 Å². The van der Waals surface area contributed by atoms with E-state index in [-0.39, 0.29) is 0 Å². The second-order valence-electron chi connectivity index (χ2n) is 2.30. The molecule has 0 saturated heterocycles. The summed E-state index contributed by atoms with van der Waals surface area (Å²) >= 11 is 0. The van der Waals surface area contributed by atoms with Gasteiger partial charge in [0.15, 0.2) is 0 Å². The van der Waals surface area contributed by atoms with Crippen molar-refractivity contribution < 1.29 is 4.12 Å². The summed E-state index contributed by atoms with van der Waals surface area (Å²) in [6, 6.07) is 12.1. The van der Waals surface area contributed by atoms with Crippen LogP contribution in [0.5, 0.6) is 0 Å². The Bertz CT molecular complexity index is 302. The molecule has 1 heterocycles. The molecular formula is C9H7NOSi2. The fourth-order valence-electron chi connectivity index (χ4n) is 1.02. The van der Waals surface area contributed by atoms with Crippen molar-refractivity contribution in [1.82, 2.24) is 4.98 Å². The molecule has 62 valence electrons. The molecule has 0 aliphatic rings. The van der Waals surface area contributed by atoms with Crippen molar-refractivity contribution >= 4 is 31.9 Å². The molecule has 0 spiro atoms. The molecule has 0 N–H and O–H groups in total. The first-order valence-electron chi connectivity index (χ1n) is 3.67. The third kappa shape index (κ3) is 3.10. The Morgan fingerprint density at radius 2 is 1.62 bits per heavy atom. The number of aromatic nitrogens is 1. The van der Waals surface area contributed by atoms with Crippen molar-refractivity contribution in [2.24, 2.45) is 0 Å². The third-order valence-corrected chi connectivity index (χ3v) is 1.51. The summed E-state index contributed by atoms with van der Waals surface area (Å²) in [6.07, 6.45) is 1.81. The van der Waals surface area contributed by atoms with Gasteiger partial charge in [-0.05, 0) is 12.1 Å². The van der Waals surface area contributed by atoms with E-state index in [0.717, 1.165) is 5.52 Å². The lowest BCUT2D eigenvalue weighted by atomic mass is 10.2. The molecule has 0 unspecified atom stereocenters. The van der Waals surface area contributed by atoms with Crippen LogP contribution in [0, 0.1) is 0 Å². The van der Waals surface area contributed by atoms with Crippen molar-refractivity contribution in [3.8, 4) is 0 Å². The van der Waals surface area contributed by atoms with E-state index in [1.54, 1.807) is 0 Å². The minimum atomic E-state index is 1.06. The molecule has 0 bridgehead atoms. The SMILES string of the molecule is [Si]O[Si].c1ccc2ncccc2c1. The van der Waals surface area contributed by atoms with Gasteiger partial charge in [0.2, 0.25) is 21.0 Å². The van der Waals surface area contributed by atoms with Crippen molar-refractivity contribution in [3.63, 3.8) is 0 Å². The van der Waals surface area contributed by atoms with Gasteiger partial charge in [-0.2, -0.15) is 0 Å². The van der Waals surface area contributed by atoms with Crippen molar-refractivity contribution in [2.45, 2.75) is 0 Å². The van der Waals surface area contributed by atoms with E-state index in [0.29, 0.717) is 0 Å². The lowest BCUT2D eigenvalue weighted by Crippen LogP contribution is -1.73. The maximum atomic E-state index is 4.18. The number of benzene rings is 1. The molecule has 0 amide bonds. The van der Waals surface area contributed by atoms with E-state index in [9.17, 15) is 0 Å². The Morgan fingerprint density at radius 1 is 1.00 bits per heavy atom. The van der Waals surface area contributed by atoms with Gasteiger partial charge in [0.25, 0.3) is 0 Å². The predicted octanol–water partition coefficient (Wildman–Crippen LogP) is 1.40. The van der Waals surface area contributed by atoms with E-state index in [2.05, 4.69) is 42.2 Å². The number of rotatable bonds is 0. The average Bonchev–Trinajstić information content (AvgIpc) is 2.19. The number of pyridine rings is 1. The van der Waals surface area contributed by atoms with Crippen LogP contribution in [0.15, 0.2) is 42.6 Å². The fourth-order valence-corrected chi connectivity index (χ4v) is 1.02. The maximum absolute atomic E-state index is 4.18. The minimum absolute atomic E-state index is 1.06. The van der Waals surface area contributed by atoms with Crippen LogP contribution in [-0.2, 0) is 4.12 Å². The Labute approximate surface area is 84.0 Å². The molecular weight excluding hydrogens is 194 g/mol. The smallest absolute Gasteiger partial charge is 0.229 e. The van der Waals surface area contributed by atoms with E-state index in [1.165, 1.54) is 5.39 Å². The molecule has 0 saturated carbocycles. The zero-order valence-corrected chi connectivity index (χ0v) is 8.90. The second-order valence-corrected chi connectivity index (χ2v) is 3.11. The zero-order chi connectivity index (χ0) is 9.52. The van der Waals surface area contributed by atoms with Gasteiger partial charge < -0.3 is 4.12 Å². The van der Waals surface area contributed by atoms with Gasteiger partial charge in [-0.1, -0.05) is 24.3 Å². The number of fused-ring (bicyclic) bond motifs is 1. The molecule has 6 radical (unpaired) electrons. The Kier molecular flexibility index (Phi) is 4.38. The van der Waals surface area contributed by atoms with Crippen molar-refractivity contribution in [3.05, 3.63) is 42.6 Å². The number of hydrogen-bond donors (Lipinski definition) is 0. The van der Waals surface area contributed by atoms with Crippen molar-refractivity contribution in [1.29, 1.82) is 0 Å². The lowest BCUT2D eigenvalue weighted by molar-refractivity contribution is 0.690. The fraction of sp³-hybridized carbons (Fsp3) is 0. The second kappa shape index (κ2) is 5.63. The summed E-state index contributed by atoms with van der Waals surface area (Å²) in [6.45, 7) is 0. The summed E-state index contributed by atoms with van der Waals surface area (Å²) in [7, 11) is 5.19. The van der Waals surface area contributed by atoms with Gasteiger partial charge >= 0.3 is 0 Å². The predicted molar refractivity (Wildman–Crippen MR) is 54.3 cm³/mol. The molecule has 0 atom stereocenters. The maximum Gasteiger partial charge on any atom is 0.229 e. The summed E-state index contributed by atoms with van der Waals surface area (Å²) in [5, 5.41) is 1.20. The molecule has 4 heteroatoms. The standard InChI is InChI=1S/C9H7N.OSi2/c1-2-6-9-8(4-1)5-3-7-10-9;2-1-3/h1-7H;. The van der Waals surface area contributed by atoms with Gasteiger partial charge in [-0.15, -0.1) is 0 Å². The van der Waals surface area contributed by atoms with Gasteiger partial charge in [-0.3, -0.25) is 4.98 Å². The monoisotopic (exact) mass is 201 g/mol. The minimum Gasteiger partial charge on any atom is -0.458 e. The topological polar surface area (TPSA) is 22.1 Å². The van der Waals surface area contributed by atoms with E-state index >= 15 is 0 Å². The molecule has 0 fully saturated rings. The Morgan fingerprint density at radius 3 is 2.31 bits per heavy atom. The van der Waals surface area contributed by atoms with Gasteiger partial charge in [0, 0.05) is 11.6 Å². The summed E-state index contributed by atoms with van der Waals surface area (Å²) in [5.74, 6) is 0. The van der Waals surface area contributed by atoms with E-state index in [4.69, 9.17) is 0 Å². The van der Waals surface area contributed by atoms with E-state index < -0.39 is 0 Å². The van der Waals surface area contributed by atoms with Gasteiger partial charge in [-0.25, -0.2) is 0 Å². The largest absolute Gasteiger partial charge is 0.458 e.